The smallest absolute Gasteiger partial charge is 0.338 e. The van der Waals surface area contributed by atoms with Crippen molar-refractivity contribution in [1.29, 1.82) is 0 Å². The van der Waals surface area contributed by atoms with Gasteiger partial charge in [0.15, 0.2) is 23.4 Å². The van der Waals surface area contributed by atoms with Gasteiger partial charge in [-0.2, -0.15) is 0 Å². The van der Waals surface area contributed by atoms with E-state index in [9.17, 15) is 14.4 Å². The van der Waals surface area contributed by atoms with E-state index in [4.69, 9.17) is 14.2 Å². The Hall–Kier alpha value is -3.09. The molecule has 1 aromatic carbocycles. The molecule has 0 bridgehead atoms. The minimum Gasteiger partial charge on any atom is -0.454 e. The molecule has 0 spiro atoms. The molecular formula is C19H19NO6. The minimum atomic E-state index is -1.01. The quantitative estimate of drug-likeness (QED) is 0.653. The molecule has 1 atom stereocenters. The molecule has 26 heavy (non-hydrogen) atoms. The first-order chi connectivity index (χ1) is 12.3. The minimum absolute atomic E-state index is 0.104. The van der Waals surface area contributed by atoms with Crippen molar-refractivity contribution in [3.05, 3.63) is 46.3 Å². The molecule has 1 unspecified atom stereocenters. The van der Waals surface area contributed by atoms with E-state index in [1.807, 2.05) is 0 Å². The lowest BCUT2D eigenvalue weighted by Crippen LogP contribution is -2.25. The lowest BCUT2D eigenvalue weighted by Gasteiger charge is -2.12. The predicted octanol–water partition coefficient (Wildman–Crippen LogP) is 2.99. The number of hydrogen-bond donors (Lipinski definition) is 1. The molecule has 0 amide bonds. The maximum absolute atomic E-state index is 12.6. The summed E-state index contributed by atoms with van der Waals surface area (Å²) in [6, 6.07) is 4.67. The van der Waals surface area contributed by atoms with E-state index in [1.165, 1.54) is 19.9 Å². The summed E-state index contributed by atoms with van der Waals surface area (Å²) in [5, 5.41) is 0. The molecule has 7 heteroatoms. The van der Waals surface area contributed by atoms with Crippen molar-refractivity contribution in [3.8, 4) is 11.5 Å². The number of fused-ring (bicyclic) bond motifs is 1. The summed E-state index contributed by atoms with van der Waals surface area (Å²) in [6.07, 6.45) is -1.01. The zero-order chi connectivity index (χ0) is 19.0. The molecule has 0 saturated heterocycles. The number of nitrogens with one attached hydrogen (secondary N) is 1. The van der Waals surface area contributed by atoms with Crippen molar-refractivity contribution in [2.45, 2.75) is 33.8 Å². The second kappa shape index (κ2) is 6.67. The summed E-state index contributed by atoms with van der Waals surface area (Å²) < 4.78 is 15.7. The fourth-order valence-corrected chi connectivity index (χ4v) is 3.03. The number of ether oxygens (including phenoxy) is 3. The summed E-state index contributed by atoms with van der Waals surface area (Å²) in [6.45, 7) is 6.47. The van der Waals surface area contributed by atoms with Gasteiger partial charge in [0.2, 0.25) is 12.6 Å². The van der Waals surface area contributed by atoms with E-state index in [0.29, 0.717) is 28.3 Å². The van der Waals surface area contributed by atoms with Crippen molar-refractivity contribution in [2.75, 3.05) is 6.79 Å². The first-order valence-corrected chi connectivity index (χ1v) is 8.14. The second-order valence-electron chi connectivity index (χ2n) is 6.16. The highest BCUT2D eigenvalue weighted by Crippen LogP contribution is 2.32. The van der Waals surface area contributed by atoms with Crippen LogP contribution in [0.3, 0.4) is 0 Å². The van der Waals surface area contributed by atoms with E-state index in [2.05, 4.69) is 4.98 Å². The van der Waals surface area contributed by atoms with Gasteiger partial charge in [-0.15, -0.1) is 0 Å². The zero-order valence-corrected chi connectivity index (χ0v) is 15.0. The summed E-state index contributed by atoms with van der Waals surface area (Å²) in [7, 11) is 0. The number of Topliss-reactive ketones (excluding diaryl/α,β-unsaturated/α-hetero) is 2. The molecule has 7 nitrogen and oxygen atoms in total. The SMILES string of the molecule is CC(=O)c1c(C)[nH]c(C(=O)C(C)OC(=O)c2ccc3c(c2)OCO3)c1C. The van der Waals surface area contributed by atoms with Crippen LogP contribution in [0, 0.1) is 13.8 Å². The number of carbonyl (C=O) groups is 3. The number of aryl methyl sites for hydroxylation is 1. The summed E-state index contributed by atoms with van der Waals surface area (Å²) in [5.41, 5.74) is 2.21. The Morgan fingerprint density at radius 3 is 2.50 bits per heavy atom. The molecule has 136 valence electrons. The highest BCUT2D eigenvalue weighted by atomic mass is 16.7. The van der Waals surface area contributed by atoms with Gasteiger partial charge in [0.05, 0.1) is 11.3 Å². The number of aromatic amines is 1. The number of esters is 1. The van der Waals surface area contributed by atoms with Crippen molar-refractivity contribution in [3.63, 3.8) is 0 Å². The maximum Gasteiger partial charge on any atom is 0.338 e. The average molecular weight is 357 g/mol. The van der Waals surface area contributed by atoms with Gasteiger partial charge in [-0.3, -0.25) is 9.59 Å². The van der Waals surface area contributed by atoms with Gasteiger partial charge in [-0.05, 0) is 51.5 Å². The number of benzene rings is 1. The Morgan fingerprint density at radius 2 is 1.85 bits per heavy atom. The molecule has 0 fully saturated rings. The number of H-pyrrole nitrogens is 1. The van der Waals surface area contributed by atoms with E-state index in [0.717, 1.165) is 0 Å². The fraction of sp³-hybridized carbons (Fsp3) is 0.316. The van der Waals surface area contributed by atoms with E-state index >= 15 is 0 Å². The second-order valence-corrected chi connectivity index (χ2v) is 6.16. The topological polar surface area (TPSA) is 94.7 Å². The highest BCUT2D eigenvalue weighted by molar-refractivity contribution is 6.05. The van der Waals surface area contributed by atoms with E-state index < -0.39 is 17.9 Å². The molecule has 2 aromatic rings. The third-order valence-corrected chi connectivity index (χ3v) is 4.30. The number of rotatable bonds is 5. The van der Waals surface area contributed by atoms with Crippen molar-refractivity contribution < 1.29 is 28.6 Å². The van der Waals surface area contributed by atoms with Crippen molar-refractivity contribution in [2.24, 2.45) is 0 Å². The van der Waals surface area contributed by atoms with Crippen LogP contribution in [-0.4, -0.2) is 35.4 Å². The van der Waals surface area contributed by atoms with Gasteiger partial charge >= 0.3 is 5.97 Å². The third kappa shape index (κ3) is 3.08. The standard InChI is InChI=1S/C19H19NO6/c1-9-16(11(3)21)10(2)20-17(9)18(22)12(4)26-19(23)13-5-6-14-15(7-13)25-8-24-14/h5-7,12,20H,8H2,1-4H3. The van der Waals surface area contributed by atoms with Crippen LogP contribution in [0.15, 0.2) is 18.2 Å². The first kappa shape index (κ1) is 17.7. The number of hydrogen-bond acceptors (Lipinski definition) is 6. The van der Waals surface area contributed by atoms with Crippen LogP contribution < -0.4 is 9.47 Å². The maximum atomic E-state index is 12.6. The number of ketones is 2. The summed E-state index contributed by atoms with van der Waals surface area (Å²) >= 11 is 0. The largest absolute Gasteiger partial charge is 0.454 e. The van der Waals surface area contributed by atoms with E-state index in [1.54, 1.807) is 26.0 Å². The molecule has 1 N–H and O–H groups in total. The molecular weight excluding hydrogens is 338 g/mol. The van der Waals surface area contributed by atoms with Gasteiger partial charge < -0.3 is 19.2 Å². The van der Waals surface area contributed by atoms with Crippen LogP contribution in [0.5, 0.6) is 11.5 Å². The van der Waals surface area contributed by atoms with Crippen LogP contribution >= 0.6 is 0 Å². The Morgan fingerprint density at radius 1 is 1.15 bits per heavy atom. The van der Waals surface area contributed by atoms with Gasteiger partial charge in [0.1, 0.15) is 0 Å². The summed E-state index contributed by atoms with van der Waals surface area (Å²) in [5.74, 6) is -0.148. The normalized spacial score (nSPS) is 13.4. The predicted molar refractivity (Wildman–Crippen MR) is 92.0 cm³/mol. The zero-order valence-electron chi connectivity index (χ0n) is 15.0. The molecule has 1 aliphatic rings. The molecule has 1 aliphatic heterocycles. The van der Waals surface area contributed by atoms with Gasteiger partial charge in [-0.1, -0.05) is 0 Å². The van der Waals surface area contributed by atoms with Gasteiger partial charge in [-0.25, -0.2) is 4.79 Å². The lowest BCUT2D eigenvalue weighted by molar-refractivity contribution is 0.0316. The fourth-order valence-electron chi connectivity index (χ4n) is 3.03. The van der Waals surface area contributed by atoms with Crippen LogP contribution in [0.1, 0.15) is 56.3 Å². The van der Waals surface area contributed by atoms with Crippen molar-refractivity contribution >= 4 is 17.5 Å². The molecule has 1 aromatic heterocycles. The Labute approximate surface area is 150 Å². The Balaban J connectivity index is 1.76. The van der Waals surface area contributed by atoms with Crippen LogP contribution in [0.4, 0.5) is 0 Å². The van der Waals surface area contributed by atoms with Gasteiger partial charge in [0.25, 0.3) is 0 Å². The average Bonchev–Trinajstić information content (AvgIpc) is 3.17. The first-order valence-electron chi connectivity index (χ1n) is 8.14. The van der Waals surface area contributed by atoms with Crippen molar-refractivity contribution in [1.82, 2.24) is 4.98 Å². The van der Waals surface area contributed by atoms with Crippen LogP contribution in [0.25, 0.3) is 0 Å². The Kier molecular flexibility index (Phi) is 4.54. The van der Waals surface area contributed by atoms with Crippen LogP contribution in [0.2, 0.25) is 0 Å². The molecule has 0 radical (unpaired) electrons. The third-order valence-electron chi connectivity index (χ3n) is 4.30. The van der Waals surface area contributed by atoms with Crippen LogP contribution in [-0.2, 0) is 4.74 Å². The molecule has 3 rings (SSSR count). The molecule has 0 saturated carbocycles. The monoisotopic (exact) mass is 357 g/mol. The Bertz CT molecular complexity index is 911. The van der Waals surface area contributed by atoms with Gasteiger partial charge in [0, 0.05) is 11.3 Å². The van der Waals surface area contributed by atoms with E-state index in [-0.39, 0.29) is 23.8 Å². The number of carbonyl (C=O) groups excluding carboxylic acids is 3. The molecule has 0 aliphatic carbocycles. The number of aromatic nitrogens is 1. The molecule has 2 heterocycles. The highest BCUT2D eigenvalue weighted by Gasteiger charge is 2.27. The lowest BCUT2D eigenvalue weighted by atomic mass is 10.0. The summed E-state index contributed by atoms with van der Waals surface area (Å²) in [4.78, 5) is 39.6.